The van der Waals surface area contributed by atoms with E-state index in [1.54, 1.807) is 31.2 Å². The molecule has 0 fully saturated rings. The van der Waals surface area contributed by atoms with Crippen LogP contribution in [0.25, 0.3) is 5.65 Å². The first-order valence-electron chi connectivity index (χ1n) is 11.0. The number of para-hydroxylation sites is 1. The summed E-state index contributed by atoms with van der Waals surface area (Å²) < 4.78 is 12.1. The average molecular weight is 474 g/mol. The number of nitrogens with one attached hydrogen (secondary N) is 2. The van der Waals surface area contributed by atoms with Crippen molar-refractivity contribution in [3.63, 3.8) is 0 Å². The monoisotopic (exact) mass is 473 g/mol. The zero-order valence-corrected chi connectivity index (χ0v) is 19.8. The van der Waals surface area contributed by atoms with E-state index in [-0.39, 0.29) is 40.8 Å². The highest BCUT2D eigenvalue weighted by molar-refractivity contribution is 6.35. The van der Waals surface area contributed by atoms with E-state index in [4.69, 9.17) is 21.1 Å². The fourth-order valence-electron chi connectivity index (χ4n) is 3.41. The van der Waals surface area contributed by atoms with E-state index in [0.717, 1.165) is 12.8 Å². The minimum Gasteiger partial charge on any atom is -0.462 e. The summed E-state index contributed by atoms with van der Waals surface area (Å²) in [5, 5.41) is 2.72. The largest absolute Gasteiger partial charge is 0.462 e. The summed E-state index contributed by atoms with van der Waals surface area (Å²) in [6, 6.07) is 8.94. The molecule has 2 N–H and O–H groups in total. The Bertz CT molecular complexity index is 1150. The van der Waals surface area contributed by atoms with E-state index < -0.39 is 17.8 Å². The minimum atomic E-state index is -0.736. The fourth-order valence-corrected chi connectivity index (χ4v) is 3.75. The summed E-state index contributed by atoms with van der Waals surface area (Å²) in [7, 11) is 0. The minimum absolute atomic E-state index is 0.0422. The fraction of sp³-hybridized carbons (Fsp3) is 0.375. The Morgan fingerprint density at radius 2 is 1.55 bits per heavy atom. The van der Waals surface area contributed by atoms with Gasteiger partial charge in [0.15, 0.2) is 0 Å². The van der Waals surface area contributed by atoms with Gasteiger partial charge in [-0.25, -0.2) is 9.59 Å². The number of amides is 1. The Hall–Kier alpha value is -3.26. The number of hydrogen-bond donors (Lipinski definition) is 2. The van der Waals surface area contributed by atoms with E-state index in [2.05, 4.69) is 10.3 Å². The maximum absolute atomic E-state index is 13.1. The van der Waals surface area contributed by atoms with E-state index >= 15 is 0 Å². The molecule has 0 aliphatic carbocycles. The lowest BCUT2D eigenvalue weighted by Crippen LogP contribution is -2.16. The number of carbonyl (C=O) groups is 3. The second kappa shape index (κ2) is 11.0. The zero-order valence-electron chi connectivity index (χ0n) is 19.0. The quantitative estimate of drug-likeness (QED) is 0.303. The molecule has 33 heavy (non-hydrogen) atoms. The molecule has 2 heterocycles. The maximum atomic E-state index is 13.1. The van der Waals surface area contributed by atoms with Crippen LogP contribution < -0.4 is 5.32 Å². The number of unbranched alkanes of at least 4 members (excludes halogenated alkanes) is 2. The van der Waals surface area contributed by atoms with Crippen molar-refractivity contribution in [1.29, 1.82) is 0 Å². The second-order valence-electron chi connectivity index (χ2n) is 7.62. The number of H-pyrrole nitrogens is 1. The number of aromatic nitrogens is 2. The Kier molecular flexibility index (Phi) is 8.16. The predicted molar refractivity (Wildman–Crippen MR) is 126 cm³/mol. The van der Waals surface area contributed by atoms with Gasteiger partial charge in [0.1, 0.15) is 27.6 Å². The van der Waals surface area contributed by atoms with Crippen LogP contribution in [0.5, 0.6) is 0 Å². The van der Waals surface area contributed by atoms with Gasteiger partial charge in [0.25, 0.3) is 5.91 Å². The number of rotatable bonds is 10. The van der Waals surface area contributed by atoms with E-state index in [1.165, 1.54) is 4.40 Å². The molecule has 9 heteroatoms. The van der Waals surface area contributed by atoms with Crippen molar-refractivity contribution >= 4 is 40.8 Å². The lowest BCUT2D eigenvalue weighted by atomic mass is 10.2. The molecule has 0 bridgehead atoms. The SMILES string of the molecule is CCCCOC(=O)c1c(C(=O)OCCCC)c2[nH]c(C)c(C(=O)Nc3ccccc3)n2c1Cl. The standard InChI is InChI=1S/C24H28ClN3O5/c1-4-6-13-32-23(30)17-18(24(31)33-14-7-5-2)21-26-15(3)19(28(21)20(17)25)22(29)27-16-11-9-8-10-12-16/h8-12,26H,4-7,13-14H2,1-3H3,(H,27,29). The number of fused-ring (bicyclic) bond motifs is 1. The Morgan fingerprint density at radius 1 is 0.970 bits per heavy atom. The van der Waals surface area contributed by atoms with Gasteiger partial charge in [0.05, 0.1) is 13.2 Å². The number of benzene rings is 1. The molecular formula is C24H28ClN3O5. The van der Waals surface area contributed by atoms with Gasteiger partial charge in [0, 0.05) is 11.4 Å². The average Bonchev–Trinajstić information content (AvgIpc) is 3.27. The van der Waals surface area contributed by atoms with Crippen LogP contribution in [0.1, 0.15) is 76.4 Å². The molecule has 0 atom stereocenters. The molecule has 0 radical (unpaired) electrons. The van der Waals surface area contributed by atoms with Crippen LogP contribution in [0.3, 0.4) is 0 Å². The van der Waals surface area contributed by atoms with Crippen molar-refractivity contribution in [1.82, 2.24) is 9.38 Å². The van der Waals surface area contributed by atoms with Crippen molar-refractivity contribution < 1.29 is 23.9 Å². The molecule has 0 aliphatic heterocycles. The lowest BCUT2D eigenvalue weighted by Gasteiger charge is -2.08. The number of hydrogen-bond acceptors (Lipinski definition) is 5. The van der Waals surface area contributed by atoms with E-state index in [1.807, 2.05) is 19.9 Å². The molecule has 8 nitrogen and oxygen atoms in total. The summed E-state index contributed by atoms with van der Waals surface area (Å²) in [5.74, 6) is -1.88. The van der Waals surface area contributed by atoms with Crippen LogP contribution >= 0.6 is 11.6 Å². The van der Waals surface area contributed by atoms with Gasteiger partial charge in [-0.3, -0.25) is 9.20 Å². The summed E-state index contributed by atoms with van der Waals surface area (Å²) in [4.78, 5) is 42.0. The maximum Gasteiger partial charge on any atom is 0.342 e. The normalized spacial score (nSPS) is 10.9. The third kappa shape index (κ3) is 5.22. The Balaban J connectivity index is 2.08. The van der Waals surface area contributed by atoms with E-state index in [0.29, 0.717) is 24.2 Å². The topological polar surface area (TPSA) is 102 Å². The molecule has 0 spiro atoms. The Morgan fingerprint density at radius 3 is 2.12 bits per heavy atom. The Labute approximate surface area is 197 Å². The van der Waals surface area contributed by atoms with Crippen LogP contribution in [-0.4, -0.2) is 40.4 Å². The molecule has 2 aromatic heterocycles. The van der Waals surface area contributed by atoms with Crippen molar-refractivity contribution in [3.8, 4) is 0 Å². The van der Waals surface area contributed by atoms with Crippen LogP contribution in [0.4, 0.5) is 5.69 Å². The van der Waals surface area contributed by atoms with Crippen LogP contribution in [0.15, 0.2) is 30.3 Å². The van der Waals surface area contributed by atoms with Crippen molar-refractivity contribution in [2.24, 2.45) is 0 Å². The van der Waals surface area contributed by atoms with Gasteiger partial charge >= 0.3 is 11.9 Å². The van der Waals surface area contributed by atoms with Gasteiger partial charge in [0.2, 0.25) is 0 Å². The number of anilines is 1. The summed E-state index contributed by atoms with van der Waals surface area (Å²) in [6.07, 6.45) is 3.04. The molecular weight excluding hydrogens is 446 g/mol. The van der Waals surface area contributed by atoms with Crippen LogP contribution in [0, 0.1) is 6.92 Å². The molecule has 3 aromatic rings. The number of imidazole rings is 1. The number of aryl methyl sites for hydroxylation is 1. The van der Waals surface area contributed by atoms with E-state index in [9.17, 15) is 14.4 Å². The van der Waals surface area contributed by atoms with Gasteiger partial charge < -0.3 is 19.8 Å². The zero-order chi connectivity index (χ0) is 24.0. The summed E-state index contributed by atoms with van der Waals surface area (Å²) in [6.45, 7) is 6.04. The first kappa shape index (κ1) is 24.4. The van der Waals surface area contributed by atoms with Gasteiger partial charge in [-0.2, -0.15) is 0 Å². The summed E-state index contributed by atoms with van der Waals surface area (Å²) >= 11 is 6.60. The highest BCUT2D eigenvalue weighted by Crippen LogP contribution is 2.32. The number of esters is 2. The van der Waals surface area contributed by atoms with Crippen molar-refractivity contribution in [2.45, 2.75) is 46.5 Å². The van der Waals surface area contributed by atoms with Crippen LogP contribution in [-0.2, 0) is 9.47 Å². The highest BCUT2D eigenvalue weighted by Gasteiger charge is 2.33. The molecule has 0 unspecified atom stereocenters. The number of aromatic amines is 1. The first-order valence-corrected chi connectivity index (χ1v) is 11.4. The number of ether oxygens (including phenoxy) is 2. The molecule has 176 valence electrons. The lowest BCUT2D eigenvalue weighted by molar-refractivity contribution is 0.0455. The highest BCUT2D eigenvalue weighted by atomic mass is 35.5. The van der Waals surface area contributed by atoms with Crippen molar-refractivity contribution in [2.75, 3.05) is 18.5 Å². The summed E-state index contributed by atoms with van der Waals surface area (Å²) in [5.41, 5.74) is 1.30. The van der Waals surface area contributed by atoms with Gasteiger partial charge in [-0.05, 0) is 31.9 Å². The van der Waals surface area contributed by atoms with Crippen LogP contribution in [0.2, 0.25) is 5.15 Å². The molecule has 0 saturated heterocycles. The molecule has 1 aromatic carbocycles. The number of carbonyl (C=O) groups excluding carboxylic acids is 3. The predicted octanol–water partition coefficient (Wildman–Crippen LogP) is 5.40. The number of nitrogens with zero attached hydrogens (tertiary/aromatic N) is 1. The molecule has 0 aliphatic rings. The first-order chi connectivity index (χ1) is 15.9. The molecule has 3 rings (SSSR count). The van der Waals surface area contributed by atoms with Gasteiger partial charge in [-0.15, -0.1) is 0 Å². The smallest absolute Gasteiger partial charge is 0.342 e. The molecule has 1 amide bonds. The molecule has 0 saturated carbocycles. The third-order valence-corrected chi connectivity index (χ3v) is 5.47. The second-order valence-corrected chi connectivity index (χ2v) is 7.98. The van der Waals surface area contributed by atoms with Gasteiger partial charge in [-0.1, -0.05) is 56.5 Å². The third-order valence-electron chi connectivity index (χ3n) is 5.11. The van der Waals surface area contributed by atoms with Crippen molar-refractivity contribution in [3.05, 3.63) is 58.0 Å². The number of halogens is 1.